The number of hydrogen-bond acceptors (Lipinski definition) is 9. The average molecular weight is 544 g/mol. The highest BCUT2D eigenvalue weighted by atomic mass is 32.2. The van der Waals surface area contributed by atoms with Crippen molar-refractivity contribution in [1.29, 1.82) is 0 Å². The summed E-state index contributed by atoms with van der Waals surface area (Å²) >= 11 is 1.42. The van der Waals surface area contributed by atoms with Gasteiger partial charge in [0.15, 0.2) is 0 Å². The van der Waals surface area contributed by atoms with Crippen LogP contribution in [-0.4, -0.2) is 92.6 Å². The molecule has 37 heavy (non-hydrogen) atoms. The fraction of sp³-hybridized carbons (Fsp3) is 0.636. The molecule has 14 nitrogen and oxygen atoms in total. The van der Waals surface area contributed by atoms with Gasteiger partial charge in [0, 0.05) is 24.7 Å². The van der Waals surface area contributed by atoms with Crippen molar-refractivity contribution in [2.45, 2.75) is 69.1 Å². The number of amides is 3. The Morgan fingerprint density at radius 2 is 1.59 bits per heavy atom. The Morgan fingerprint density at radius 1 is 0.973 bits per heavy atom. The van der Waals surface area contributed by atoms with E-state index in [0.29, 0.717) is 30.8 Å². The molecule has 1 rings (SSSR count). The number of rotatable bonds is 19. The first-order chi connectivity index (χ1) is 17.6. The topological polar surface area (TPSA) is 243 Å². The van der Waals surface area contributed by atoms with Crippen LogP contribution < -0.4 is 27.4 Å². The second-order valence-electron chi connectivity index (χ2n) is 8.41. The first-order valence-corrected chi connectivity index (χ1v) is 13.3. The molecule has 1 aromatic rings. The van der Waals surface area contributed by atoms with E-state index in [9.17, 15) is 29.1 Å². The van der Waals surface area contributed by atoms with Gasteiger partial charge in [-0.3, -0.25) is 19.2 Å². The molecule has 1 aromatic heterocycles. The maximum absolute atomic E-state index is 13.1. The van der Waals surface area contributed by atoms with Crippen molar-refractivity contribution >= 4 is 41.4 Å². The van der Waals surface area contributed by atoms with Gasteiger partial charge in [-0.2, -0.15) is 11.8 Å². The number of carboxylic acid groups (broad SMARTS) is 2. The van der Waals surface area contributed by atoms with Crippen molar-refractivity contribution in [2.75, 3.05) is 18.6 Å². The maximum atomic E-state index is 13.1. The third-order valence-electron chi connectivity index (χ3n) is 5.42. The number of thioether (sulfide) groups is 1. The Balaban J connectivity index is 2.92. The Labute approximate surface area is 219 Å². The molecule has 0 spiro atoms. The molecule has 0 saturated carbocycles. The van der Waals surface area contributed by atoms with E-state index in [2.05, 4.69) is 25.9 Å². The Kier molecular flexibility index (Phi) is 14.9. The number of unbranched alkanes of at least 4 members (excludes halogenated alkanes) is 1. The first kappa shape index (κ1) is 31.9. The molecule has 0 radical (unpaired) electrons. The van der Waals surface area contributed by atoms with Crippen molar-refractivity contribution < 1.29 is 34.2 Å². The van der Waals surface area contributed by atoms with Gasteiger partial charge >= 0.3 is 11.9 Å². The number of carbonyl (C=O) groups excluding carboxylic acids is 3. The minimum Gasteiger partial charge on any atom is -0.481 e. The number of aliphatic carboxylic acids is 2. The van der Waals surface area contributed by atoms with Crippen molar-refractivity contribution in [2.24, 2.45) is 11.5 Å². The zero-order valence-corrected chi connectivity index (χ0v) is 21.6. The normalized spacial score (nSPS) is 14.1. The van der Waals surface area contributed by atoms with Gasteiger partial charge in [0.2, 0.25) is 17.7 Å². The van der Waals surface area contributed by atoms with Crippen LogP contribution in [0.3, 0.4) is 0 Å². The molecule has 0 aliphatic heterocycles. The Morgan fingerprint density at radius 3 is 2.14 bits per heavy atom. The molecule has 0 aromatic carbocycles. The maximum Gasteiger partial charge on any atom is 0.326 e. The highest BCUT2D eigenvalue weighted by Gasteiger charge is 2.30. The monoisotopic (exact) mass is 543 g/mol. The summed E-state index contributed by atoms with van der Waals surface area (Å²) in [7, 11) is 0. The van der Waals surface area contributed by atoms with Gasteiger partial charge in [0.05, 0.1) is 12.4 Å². The number of carboxylic acids is 2. The average Bonchev–Trinajstić information content (AvgIpc) is 3.36. The molecule has 1 heterocycles. The summed E-state index contributed by atoms with van der Waals surface area (Å²) in [5, 5.41) is 25.7. The van der Waals surface area contributed by atoms with Gasteiger partial charge < -0.3 is 42.6 Å². The van der Waals surface area contributed by atoms with E-state index >= 15 is 0 Å². The van der Waals surface area contributed by atoms with Crippen LogP contribution in [-0.2, 0) is 30.4 Å². The van der Waals surface area contributed by atoms with E-state index in [1.54, 1.807) is 6.26 Å². The van der Waals surface area contributed by atoms with Crippen LogP contribution in [0.2, 0.25) is 0 Å². The van der Waals surface area contributed by atoms with Crippen LogP contribution in [0, 0.1) is 0 Å². The zero-order chi connectivity index (χ0) is 27.8. The summed E-state index contributed by atoms with van der Waals surface area (Å²) in [5.41, 5.74) is 12.2. The Hall–Kier alpha value is -3.17. The number of nitrogens with two attached hydrogens (primary N) is 2. The number of aromatic nitrogens is 2. The van der Waals surface area contributed by atoms with E-state index in [0.717, 1.165) is 0 Å². The molecule has 0 bridgehead atoms. The second kappa shape index (κ2) is 17.3. The molecule has 0 fully saturated rings. The first-order valence-electron chi connectivity index (χ1n) is 11.9. The van der Waals surface area contributed by atoms with Crippen molar-refractivity contribution in [3.05, 3.63) is 18.2 Å². The third kappa shape index (κ3) is 12.6. The molecule has 0 aliphatic carbocycles. The minimum absolute atomic E-state index is 0.175. The van der Waals surface area contributed by atoms with Crippen molar-refractivity contribution in [1.82, 2.24) is 25.9 Å². The van der Waals surface area contributed by atoms with E-state index in [1.807, 2.05) is 0 Å². The number of hydrogen-bond donors (Lipinski definition) is 8. The fourth-order valence-corrected chi connectivity index (χ4v) is 3.81. The fourth-order valence-electron chi connectivity index (χ4n) is 3.34. The van der Waals surface area contributed by atoms with Crippen LogP contribution in [0.5, 0.6) is 0 Å². The van der Waals surface area contributed by atoms with Gasteiger partial charge in [-0.25, -0.2) is 9.78 Å². The molecular weight excluding hydrogens is 506 g/mol. The standard InChI is InChI=1S/C22H37N7O7S/c1-37-9-7-16(21(34)29-17(22(35)36)5-6-18(30)31)28-20(33)15(4-2-3-8-23)27-19(32)14(24)10-13-11-25-12-26-13/h11-12,14-17H,2-10,23-24H2,1H3,(H,25,26)(H,27,32)(H,28,33)(H,29,34)(H,30,31)(H,35,36). The van der Waals surface area contributed by atoms with E-state index in [-0.39, 0.29) is 25.7 Å². The Bertz CT molecular complexity index is 885. The van der Waals surface area contributed by atoms with Gasteiger partial charge in [-0.1, -0.05) is 0 Å². The number of nitrogens with zero attached hydrogens (tertiary/aromatic N) is 1. The smallest absolute Gasteiger partial charge is 0.326 e. The predicted octanol–water partition coefficient (Wildman–Crippen LogP) is -1.43. The van der Waals surface area contributed by atoms with Crippen molar-refractivity contribution in [3.63, 3.8) is 0 Å². The summed E-state index contributed by atoms with van der Waals surface area (Å²) in [6, 6.07) is -4.48. The van der Waals surface area contributed by atoms with Gasteiger partial charge in [0.25, 0.3) is 0 Å². The lowest BCUT2D eigenvalue weighted by atomic mass is 10.1. The molecular formula is C22H37N7O7S. The molecule has 10 N–H and O–H groups in total. The SMILES string of the molecule is CSCCC(NC(=O)C(CCCCN)NC(=O)C(N)Cc1cnc[nH]1)C(=O)NC(CCC(=O)O)C(=O)O. The molecule has 4 atom stereocenters. The quantitative estimate of drug-likeness (QED) is 0.0939. The number of nitrogens with one attached hydrogen (secondary N) is 4. The summed E-state index contributed by atoms with van der Waals surface area (Å²) in [4.78, 5) is 67.7. The van der Waals surface area contributed by atoms with Gasteiger partial charge in [-0.05, 0) is 50.7 Å². The largest absolute Gasteiger partial charge is 0.481 e. The number of imidazole rings is 1. The summed E-state index contributed by atoms with van der Waals surface area (Å²) in [6.07, 6.45) is 5.79. The number of H-pyrrole nitrogens is 1. The molecule has 0 aliphatic rings. The summed E-state index contributed by atoms with van der Waals surface area (Å²) in [5.74, 6) is -4.06. The van der Waals surface area contributed by atoms with Gasteiger partial charge in [-0.15, -0.1) is 0 Å². The minimum atomic E-state index is -1.43. The van der Waals surface area contributed by atoms with Crippen LogP contribution >= 0.6 is 11.8 Å². The molecule has 3 amide bonds. The highest BCUT2D eigenvalue weighted by molar-refractivity contribution is 7.98. The number of carbonyl (C=O) groups is 5. The highest BCUT2D eigenvalue weighted by Crippen LogP contribution is 2.07. The molecule has 15 heteroatoms. The lowest BCUT2D eigenvalue weighted by Crippen LogP contribution is -2.57. The van der Waals surface area contributed by atoms with Crippen molar-refractivity contribution in [3.8, 4) is 0 Å². The second-order valence-corrected chi connectivity index (χ2v) is 9.39. The molecule has 4 unspecified atom stereocenters. The predicted molar refractivity (Wildman–Crippen MR) is 136 cm³/mol. The lowest BCUT2D eigenvalue weighted by Gasteiger charge is -2.25. The van der Waals surface area contributed by atoms with Crippen LogP contribution in [0.15, 0.2) is 12.5 Å². The van der Waals surface area contributed by atoms with Crippen LogP contribution in [0.1, 0.15) is 44.2 Å². The zero-order valence-electron chi connectivity index (χ0n) is 20.8. The number of aromatic amines is 1. The van der Waals surface area contributed by atoms with E-state index < -0.39 is 60.2 Å². The lowest BCUT2D eigenvalue weighted by molar-refractivity contribution is -0.143. The summed E-state index contributed by atoms with van der Waals surface area (Å²) in [6.45, 7) is 0.396. The molecule has 208 valence electrons. The van der Waals surface area contributed by atoms with Crippen LogP contribution in [0.25, 0.3) is 0 Å². The third-order valence-corrected chi connectivity index (χ3v) is 6.06. The summed E-state index contributed by atoms with van der Waals surface area (Å²) < 4.78 is 0. The van der Waals surface area contributed by atoms with Crippen LogP contribution in [0.4, 0.5) is 0 Å². The van der Waals surface area contributed by atoms with Gasteiger partial charge in [0.1, 0.15) is 18.1 Å². The van der Waals surface area contributed by atoms with E-state index in [1.165, 1.54) is 24.3 Å². The molecule has 0 saturated heterocycles. The van der Waals surface area contributed by atoms with E-state index in [4.69, 9.17) is 16.6 Å².